The van der Waals surface area contributed by atoms with Crippen molar-refractivity contribution in [2.45, 2.75) is 31.1 Å². The van der Waals surface area contributed by atoms with Crippen molar-refractivity contribution in [2.75, 3.05) is 14.2 Å². The van der Waals surface area contributed by atoms with Gasteiger partial charge in [-0.1, -0.05) is 18.6 Å². The quantitative estimate of drug-likeness (QED) is 0.768. The first-order valence-electron chi connectivity index (χ1n) is 6.34. The van der Waals surface area contributed by atoms with Gasteiger partial charge in [-0.25, -0.2) is 0 Å². The van der Waals surface area contributed by atoms with Crippen LogP contribution in [0.1, 0.15) is 31.2 Å². The van der Waals surface area contributed by atoms with Gasteiger partial charge in [0.15, 0.2) is 0 Å². The number of benzene rings is 1. The highest BCUT2D eigenvalue weighted by Gasteiger charge is 2.39. The van der Waals surface area contributed by atoms with Crippen LogP contribution in [0, 0.1) is 0 Å². The number of hydrogen-bond donors (Lipinski definition) is 0. The van der Waals surface area contributed by atoms with Crippen molar-refractivity contribution < 1.29 is 9.53 Å². The molecule has 0 bridgehead atoms. The Balaban J connectivity index is 2.42. The summed E-state index contributed by atoms with van der Waals surface area (Å²) in [7, 11) is 3.37. The second kappa shape index (κ2) is 5.34. The van der Waals surface area contributed by atoms with Crippen molar-refractivity contribution in [3.05, 3.63) is 29.8 Å². The lowest BCUT2D eigenvalue weighted by Gasteiger charge is -2.32. The maximum atomic E-state index is 12.3. The van der Waals surface area contributed by atoms with E-state index in [0.717, 1.165) is 30.6 Å². The second-order valence-electron chi connectivity index (χ2n) is 4.72. The minimum atomic E-state index is -0.515. The van der Waals surface area contributed by atoms with Crippen molar-refractivity contribution in [3.63, 3.8) is 0 Å². The fraction of sp³-hybridized carbons (Fsp3) is 0.467. The molecule has 0 N–H and O–H groups in total. The zero-order valence-corrected chi connectivity index (χ0v) is 11.0. The van der Waals surface area contributed by atoms with Crippen LogP contribution in [0.5, 0.6) is 5.75 Å². The molecule has 1 atom stereocenters. The molecule has 0 radical (unpaired) electrons. The van der Waals surface area contributed by atoms with Gasteiger partial charge in [0.25, 0.3) is 0 Å². The summed E-state index contributed by atoms with van der Waals surface area (Å²) in [5, 5.41) is 0. The molecule has 0 amide bonds. The van der Waals surface area contributed by atoms with E-state index in [1.54, 1.807) is 14.2 Å². The largest absolute Gasteiger partial charge is 0.497 e. The average molecular weight is 245 g/mol. The van der Waals surface area contributed by atoms with Gasteiger partial charge in [0.05, 0.1) is 12.5 Å². The van der Waals surface area contributed by atoms with E-state index in [2.05, 4.69) is 4.99 Å². The summed E-state index contributed by atoms with van der Waals surface area (Å²) in [5.41, 5.74) is 0.512. The third-order valence-corrected chi connectivity index (χ3v) is 3.68. The Morgan fingerprint density at radius 1 is 1.28 bits per heavy atom. The number of rotatable bonds is 3. The molecule has 0 unspecified atom stereocenters. The highest BCUT2D eigenvalue weighted by Crippen LogP contribution is 2.36. The number of ketones is 1. The fourth-order valence-electron chi connectivity index (χ4n) is 2.68. The molecular formula is C15H19NO2. The molecule has 3 heteroatoms. The number of nitrogens with zero attached hydrogens (tertiary/aromatic N) is 1. The Hall–Kier alpha value is -1.64. The first-order valence-corrected chi connectivity index (χ1v) is 6.34. The monoisotopic (exact) mass is 245 g/mol. The van der Waals surface area contributed by atoms with Crippen molar-refractivity contribution in [1.82, 2.24) is 0 Å². The van der Waals surface area contributed by atoms with E-state index >= 15 is 0 Å². The summed E-state index contributed by atoms with van der Waals surface area (Å²) < 4.78 is 5.16. The Kier molecular flexibility index (Phi) is 3.80. The van der Waals surface area contributed by atoms with Crippen LogP contribution in [-0.4, -0.2) is 26.2 Å². The Labute approximate surface area is 108 Å². The molecule has 0 spiro atoms. The van der Waals surface area contributed by atoms with Crippen LogP contribution in [0.2, 0.25) is 0 Å². The zero-order chi connectivity index (χ0) is 13.0. The number of carbonyl (C=O) groups excluding carboxylic acids is 1. The lowest BCUT2D eigenvalue weighted by Crippen LogP contribution is -2.40. The second-order valence-corrected chi connectivity index (χ2v) is 4.72. The van der Waals surface area contributed by atoms with Crippen LogP contribution in [0.25, 0.3) is 0 Å². The minimum Gasteiger partial charge on any atom is -0.497 e. The van der Waals surface area contributed by atoms with Crippen LogP contribution in [0.4, 0.5) is 0 Å². The molecule has 3 nitrogen and oxygen atoms in total. The third-order valence-electron chi connectivity index (χ3n) is 3.68. The summed E-state index contributed by atoms with van der Waals surface area (Å²) in [6, 6.07) is 7.76. The van der Waals surface area contributed by atoms with Crippen LogP contribution >= 0.6 is 0 Å². The molecule has 1 aliphatic carbocycles. The van der Waals surface area contributed by atoms with E-state index in [0.29, 0.717) is 6.42 Å². The normalized spacial score (nSPS) is 24.4. The van der Waals surface area contributed by atoms with Crippen molar-refractivity contribution >= 4 is 12.0 Å². The SMILES string of the molecule is CN=C[C@]1(c2ccc(OC)cc2)CCCCC1=O. The van der Waals surface area contributed by atoms with Crippen LogP contribution < -0.4 is 4.74 Å². The maximum Gasteiger partial charge on any atom is 0.148 e. The zero-order valence-electron chi connectivity index (χ0n) is 11.0. The lowest BCUT2D eigenvalue weighted by atomic mass is 9.69. The van der Waals surface area contributed by atoms with E-state index in [-0.39, 0.29) is 5.78 Å². The first kappa shape index (κ1) is 12.8. The third kappa shape index (κ3) is 2.17. The molecule has 1 aromatic rings. The summed E-state index contributed by atoms with van der Waals surface area (Å²) in [6.45, 7) is 0. The molecule has 0 aliphatic heterocycles. The molecule has 0 heterocycles. The van der Waals surface area contributed by atoms with E-state index in [4.69, 9.17) is 4.74 Å². The minimum absolute atomic E-state index is 0.282. The number of aliphatic imine (C=N–C) groups is 1. The maximum absolute atomic E-state index is 12.3. The number of ether oxygens (including phenoxy) is 1. The Morgan fingerprint density at radius 2 is 2.00 bits per heavy atom. The smallest absolute Gasteiger partial charge is 0.148 e. The van der Waals surface area contributed by atoms with Gasteiger partial charge in [0.1, 0.15) is 11.5 Å². The van der Waals surface area contributed by atoms with Crippen LogP contribution in [0.15, 0.2) is 29.3 Å². The van der Waals surface area contributed by atoms with Gasteiger partial charge in [0.2, 0.25) is 0 Å². The topological polar surface area (TPSA) is 38.7 Å². The van der Waals surface area contributed by atoms with Gasteiger partial charge in [-0.15, -0.1) is 0 Å². The molecule has 18 heavy (non-hydrogen) atoms. The van der Waals surface area contributed by atoms with E-state index < -0.39 is 5.41 Å². The van der Waals surface area contributed by atoms with E-state index in [9.17, 15) is 4.79 Å². The predicted octanol–water partition coefficient (Wildman–Crippen LogP) is 2.78. The van der Waals surface area contributed by atoms with Crippen LogP contribution in [0.3, 0.4) is 0 Å². The molecule has 2 rings (SSSR count). The Morgan fingerprint density at radius 3 is 2.56 bits per heavy atom. The number of Topliss-reactive ketones (excluding diaryl/α,β-unsaturated/α-hetero) is 1. The van der Waals surface area contributed by atoms with Gasteiger partial charge in [-0.2, -0.15) is 0 Å². The van der Waals surface area contributed by atoms with Gasteiger partial charge >= 0.3 is 0 Å². The van der Waals surface area contributed by atoms with Crippen LogP contribution in [-0.2, 0) is 10.2 Å². The number of methoxy groups -OCH3 is 1. The van der Waals surface area contributed by atoms with Crippen molar-refractivity contribution in [1.29, 1.82) is 0 Å². The molecule has 1 aliphatic rings. The summed E-state index contributed by atoms with van der Waals surface area (Å²) >= 11 is 0. The lowest BCUT2D eigenvalue weighted by molar-refractivity contribution is -0.123. The summed E-state index contributed by atoms with van der Waals surface area (Å²) in [6.07, 6.45) is 5.39. The molecule has 96 valence electrons. The molecular weight excluding hydrogens is 226 g/mol. The molecule has 0 aromatic heterocycles. The molecule has 1 aromatic carbocycles. The highest BCUT2D eigenvalue weighted by molar-refractivity contribution is 6.06. The number of hydrogen-bond acceptors (Lipinski definition) is 3. The molecule has 1 fully saturated rings. The van der Waals surface area contributed by atoms with Crippen molar-refractivity contribution in [2.24, 2.45) is 4.99 Å². The van der Waals surface area contributed by atoms with E-state index in [1.165, 1.54) is 0 Å². The predicted molar refractivity (Wildman–Crippen MR) is 72.6 cm³/mol. The standard InChI is InChI=1S/C15H19NO2/c1-16-11-15(10-4-3-5-14(15)17)12-6-8-13(18-2)9-7-12/h6-9,11H,3-5,10H2,1-2H3/t15-/m0/s1. The van der Waals surface area contributed by atoms with Gasteiger partial charge in [0, 0.05) is 19.7 Å². The molecule has 0 saturated heterocycles. The molecule has 1 saturated carbocycles. The fourth-order valence-corrected chi connectivity index (χ4v) is 2.68. The van der Waals surface area contributed by atoms with Gasteiger partial charge in [-0.3, -0.25) is 9.79 Å². The summed E-state index contributed by atoms with van der Waals surface area (Å²) in [5.74, 6) is 1.09. The highest BCUT2D eigenvalue weighted by atomic mass is 16.5. The van der Waals surface area contributed by atoms with E-state index in [1.807, 2.05) is 30.5 Å². The van der Waals surface area contributed by atoms with Gasteiger partial charge < -0.3 is 4.74 Å². The van der Waals surface area contributed by atoms with Gasteiger partial charge in [-0.05, 0) is 30.5 Å². The first-order chi connectivity index (χ1) is 8.73. The number of carbonyl (C=O) groups is 1. The average Bonchev–Trinajstić information content (AvgIpc) is 2.42. The van der Waals surface area contributed by atoms with Crippen molar-refractivity contribution in [3.8, 4) is 5.75 Å². The summed E-state index contributed by atoms with van der Waals surface area (Å²) in [4.78, 5) is 16.5. The Bertz CT molecular complexity index is 450.